The van der Waals surface area contributed by atoms with Crippen molar-refractivity contribution in [3.05, 3.63) is 88.0 Å². The van der Waals surface area contributed by atoms with E-state index >= 15 is 0 Å². The third kappa shape index (κ3) is 3.50. The van der Waals surface area contributed by atoms with Crippen LogP contribution in [-0.4, -0.2) is 11.1 Å². The van der Waals surface area contributed by atoms with Gasteiger partial charge in [0.05, 0.1) is 11.9 Å². The van der Waals surface area contributed by atoms with Crippen LogP contribution < -0.4 is 10.7 Å². The second-order valence-electron chi connectivity index (χ2n) is 6.20. The van der Waals surface area contributed by atoms with Crippen LogP contribution in [0.15, 0.2) is 74.4 Å². The van der Waals surface area contributed by atoms with Crippen molar-refractivity contribution in [2.75, 3.05) is 0 Å². The van der Waals surface area contributed by atoms with Crippen molar-refractivity contribution in [2.45, 2.75) is 13.5 Å². The quantitative estimate of drug-likeness (QED) is 0.600. The lowest BCUT2D eigenvalue weighted by Crippen LogP contribution is -2.23. The number of carbonyl (C=O) groups is 1. The first-order valence-electron chi connectivity index (χ1n) is 8.44. The van der Waals surface area contributed by atoms with Crippen LogP contribution in [0.5, 0.6) is 0 Å². The van der Waals surface area contributed by atoms with Gasteiger partial charge >= 0.3 is 0 Å². The van der Waals surface area contributed by atoms with Crippen molar-refractivity contribution < 1.29 is 13.7 Å². The molecule has 27 heavy (non-hydrogen) atoms. The molecule has 0 saturated carbocycles. The molecule has 6 nitrogen and oxygen atoms in total. The number of fused-ring (bicyclic) bond motifs is 1. The zero-order valence-corrected chi connectivity index (χ0v) is 14.6. The topological polar surface area (TPSA) is 85.3 Å². The summed E-state index contributed by atoms with van der Waals surface area (Å²) in [5, 5.41) is 7.13. The van der Waals surface area contributed by atoms with Crippen LogP contribution in [0.1, 0.15) is 21.9 Å². The Hall–Kier alpha value is -3.67. The summed E-state index contributed by atoms with van der Waals surface area (Å²) >= 11 is 0. The maximum Gasteiger partial charge on any atom is 0.287 e. The smallest absolute Gasteiger partial charge is 0.287 e. The summed E-state index contributed by atoms with van der Waals surface area (Å²) in [5.74, 6) is -0.0349. The zero-order valence-electron chi connectivity index (χ0n) is 14.6. The highest BCUT2D eigenvalue weighted by molar-refractivity contribution is 5.93. The molecule has 0 unspecified atom stereocenters. The van der Waals surface area contributed by atoms with Crippen molar-refractivity contribution in [2.24, 2.45) is 0 Å². The van der Waals surface area contributed by atoms with Gasteiger partial charge in [0, 0.05) is 17.7 Å². The average Bonchev–Trinajstić information content (AvgIpc) is 3.16. The monoisotopic (exact) mass is 360 g/mol. The van der Waals surface area contributed by atoms with Gasteiger partial charge in [0.1, 0.15) is 11.3 Å². The van der Waals surface area contributed by atoms with Crippen molar-refractivity contribution in [1.82, 2.24) is 10.5 Å². The molecule has 0 aliphatic carbocycles. The third-order valence-electron chi connectivity index (χ3n) is 4.16. The van der Waals surface area contributed by atoms with E-state index in [1.54, 1.807) is 18.2 Å². The standard InChI is InChI=1S/C21H16N2O4/c1-13-7-8-19-16(9-13)18(24)11-20(26-19)21(25)22-12-15-10-17(23-27-15)14-5-3-2-4-6-14/h2-11H,12H2,1H3,(H,22,25). The molecule has 0 atom stereocenters. The van der Waals surface area contributed by atoms with Gasteiger partial charge in [-0.15, -0.1) is 0 Å². The van der Waals surface area contributed by atoms with Gasteiger partial charge in [-0.05, 0) is 19.1 Å². The number of nitrogens with zero attached hydrogens (tertiary/aromatic N) is 1. The fourth-order valence-electron chi connectivity index (χ4n) is 2.78. The number of amides is 1. The van der Waals surface area contributed by atoms with Crippen LogP contribution in [-0.2, 0) is 6.54 Å². The van der Waals surface area contributed by atoms with Crippen molar-refractivity contribution in [3.8, 4) is 11.3 Å². The predicted octanol–water partition coefficient (Wildman–Crippen LogP) is 3.69. The minimum Gasteiger partial charge on any atom is -0.451 e. The second kappa shape index (κ2) is 6.92. The van der Waals surface area contributed by atoms with E-state index in [-0.39, 0.29) is 17.7 Å². The normalized spacial score (nSPS) is 10.9. The largest absolute Gasteiger partial charge is 0.451 e. The van der Waals surface area contributed by atoms with Crippen molar-refractivity contribution in [3.63, 3.8) is 0 Å². The molecule has 6 heteroatoms. The number of rotatable bonds is 4. The van der Waals surface area contributed by atoms with Gasteiger partial charge in [0.25, 0.3) is 5.91 Å². The molecule has 2 aromatic carbocycles. The van der Waals surface area contributed by atoms with E-state index in [1.165, 1.54) is 6.07 Å². The highest BCUT2D eigenvalue weighted by Gasteiger charge is 2.14. The number of aryl methyl sites for hydroxylation is 1. The molecule has 2 aromatic heterocycles. The molecule has 134 valence electrons. The molecule has 1 N–H and O–H groups in total. The summed E-state index contributed by atoms with van der Waals surface area (Å²) in [5.41, 5.74) is 2.69. The molecule has 0 spiro atoms. The van der Waals surface area contributed by atoms with Gasteiger partial charge in [0.2, 0.25) is 0 Å². The average molecular weight is 360 g/mol. The van der Waals surface area contributed by atoms with Crippen LogP contribution >= 0.6 is 0 Å². The van der Waals surface area contributed by atoms with Crippen LogP contribution in [0.2, 0.25) is 0 Å². The van der Waals surface area contributed by atoms with Crippen LogP contribution in [0.25, 0.3) is 22.2 Å². The second-order valence-corrected chi connectivity index (χ2v) is 6.20. The van der Waals surface area contributed by atoms with E-state index in [9.17, 15) is 9.59 Å². The fourth-order valence-corrected chi connectivity index (χ4v) is 2.78. The Balaban J connectivity index is 1.50. The Morgan fingerprint density at radius 3 is 2.70 bits per heavy atom. The van der Waals surface area contributed by atoms with Gasteiger partial charge in [-0.3, -0.25) is 9.59 Å². The number of hydrogen-bond donors (Lipinski definition) is 1. The van der Waals surface area contributed by atoms with Crippen molar-refractivity contribution in [1.29, 1.82) is 0 Å². The summed E-state index contributed by atoms with van der Waals surface area (Å²) in [4.78, 5) is 24.6. The van der Waals surface area contributed by atoms with E-state index in [1.807, 2.05) is 43.3 Å². The van der Waals surface area contributed by atoms with E-state index in [0.717, 1.165) is 11.1 Å². The molecule has 4 aromatic rings. The number of aromatic nitrogens is 1. The molecule has 2 heterocycles. The number of nitrogens with one attached hydrogen (secondary N) is 1. The Morgan fingerprint density at radius 2 is 1.89 bits per heavy atom. The summed E-state index contributed by atoms with van der Waals surface area (Å²) < 4.78 is 10.8. The molecule has 0 aliphatic rings. The van der Waals surface area contributed by atoms with Crippen LogP contribution in [0.3, 0.4) is 0 Å². The SMILES string of the molecule is Cc1ccc2oc(C(=O)NCc3cc(-c4ccccc4)no3)cc(=O)c2c1. The first kappa shape index (κ1) is 16.8. The van der Waals surface area contributed by atoms with E-state index in [0.29, 0.717) is 22.4 Å². The summed E-state index contributed by atoms with van der Waals surface area (Å²) in [6, 6.07) is 17.8. The minimum absolute atomic E-state index is 0.0425. The molecule has 0 aliphatic heterocycles. The van der Waals surface area contributed by atoms with Gasteiger partial charge in [0.15, 0.2) is 16.9 Å². The van der Waals surface area contributed by atoms with Gasteiger partial charge in [-0.1, -0.05) is 47.1 Å². The Bertz CT molecular complexity index is 1180. The van der Waals surface area contributed by atoms with E-state index in [2.05, 4.69) is 10.5 Å². The highest BCUT2D eigenvalue weighted by atomic mass is 16.5. The Labute approximate surface area is 154 Å². The number of carbonyl (C=O) groups excluding carboxylic acids is 1. The van der Waals surface area contributed by atoms with Crippen molar-refractivity contribution >= 4 is 16.9 Å². The molecular formula is C21H16N2O4. The number of hydrogen-bond acceptors (Lipinski definition) is 5. The Kier molecular flexibility index (Phi) is 4.30. The molecule has 0 fully saturated rings. The predicted molar refractivity (Wildman–Crippen MR) is 100 cm³/mol. The molecule has 0 radical (unpaired) electrons. The van der Waals surface area contributed by atoms with Gasteiger partial charge < -0.3 is 14.3 Å². The first-order valence-corrected chi connectivity index (χ1v) is 8.44. The van der Waals surface area contributed by atoms with E-state index < -0.39 is 5.91 Å². The summed E-state index contributed by atoms with van der Waals surface area (Å²) in [7, 11) is 0. The molecular weight excluding hydrogens is 344 g/mol. The molecule has 0 bridgehead atoms. The van der Waals surface area contributed by atoms with Crippen LogP contribution in [0.4, 0.5) is 0 Å². The maximum absolute atomic E-state index is 12.4. The lowest BCUT2D eigenvalue weighted by atomic mass is 10.1. The van der Waals surface area contributed by atoms with E-state index in [4.69, 9.17) is 8.94 Å². The number of benzene rings is 2. The highest BCUT2D eigenvalue weighted by Crippen LogP contribution is 2.18. The molecule has 1 amide bonds. The fraction of sp³-hybridized carbons (Fsp3) is 0.0952. The summed E-state index contributed by atoms with van der Waals surface area (Å²) in [6.07, 6.45) is 0. The minimum atomic E-state index is -0.493. The van der Waals surface area contributed by atoms with Gasteiger partial charge in [-0.2, -0.15) is 0 Å². The molecule has 4 rings (SSSR count). The zero-order chi connectivity index (χ0) is 18.8. The van der Waals surface area contributed by atoms with Crippen LogP contribution in [0, 0.1) is 6.92 Å². The van der Waals surface area contributed by atoms with Gasteiger partial charge in [-0.25, -0.2) is 0 Å². The third-order valence-corrected chi connectivity index (χ3v) is 4.16. The maximum atomic E-state index is 12.4. The lowest BCUT2D eigenvalue weighted by Gasteiger charge is -2.04. The lowest BCUT2D eigenvalue weighted by molar-refractivity contribution is 0.0920. The summed E-state index contributed by atoms with van der Waals surface area (Å²) in [6.45, 7) is 2.02. The Morgan fingerprint density at radius 1 is 1.07 bits per heavy atom. The molecule has 0 saturated heterocycles. The first-order chi connectivity index (χ1) is 13.1.